The molecule has 1 aliphatic heterocycles. The van der Waals surface area contributed by atoms with E-state index in [0.29, 0.717) is 17.4 Å². The molecule has 1 aliphatic carbocycles. The van der Waals surface area contributed by atoms with Crippen LogP contribution in [0.2, 0.25) is 0 Å². The van der Waals surface area contributed by atoms with Crippen LogP contribution < -0.4 is 10.6 Å². The largest absolute Gasteiger partial charge is 0.370 e. The van der Waals surface area contributed by atoms with Gasteiger partial charge in [-0.2, -0.15) is 0 Å². The zero-order valence-electron chi connectivity index (χ0n) is 12.5. The van der Waals surface area contributed by atoms with Crippen LogP contribution in [-0.4, -0.2) is 42.9 Å². The SMILES string of the molecule is Cl.NC(=O)c1ccc(N2CCCN(C(=O)C3CC3)CC2)cc1. The smallest absolute Gasteiger partial charge is 0.248 e. The lowest BCUT2D eigenvalue weighted by Crippen LogP contribution is -2.36. The number of benzene rings is 1. The molecule has 2 fully saturated rings. The van der Waals surface area contributed by atoms with Crippen molar-refractivity contribution >= 4 is 29.9 Å². The van der Waals surface area contributed by atoms with E-state index in [1.54, 1.807) is 12.1 Å². The summed E-state index contributed by atoms with van der Waals surface area (Å²) < 4.78 is 0. The van der Waals surface area contributed by atoms with Crippen molar-refractivity contribution in [3.05, 3.63) is 29.8 Å². The van der Waals surface area contributed by atoms with Crippen LogP contribution in [0.1, 0.15) is 29.6 Å². The number of hydrogen-bond donors (Lipinski definition) is 1. The van der Waals surface area contributed by atoms with E-state index in [1.807, 2.05) is 17.0 Å². The molecule has 0 atom stereocenters. The molecule has 1 heterocycles. The second-order valence-corrected chi connectivity index (χ2v) is 5.85. The molecule has 1 saturated carbocycles. The van der Waals surface area contributed by atoms with Gasteiger partial charge < -0.3 is 15.5 Å². The van der Waals surface area contributed by atoms with Crippen LogP contribution >= 0.6 is 12.4 Å². The Labute approximate surface area is 136 Å². The molecule has 0 radical (unpaired) electrons. The molecule has 0 spiro atoms. The highest BCUT2D eigenvalue weighted by molar-refractivity contribution is 5.93. The van der Waals surface area contributed by atoms with Gasteiger partial charge in [-0.05, 0) is 43.5 Å². The lowest BCUT2D eigenvalue weighted by atomic mass is 10.2. The van der Waals surface area contributed by atoms with Crippen molar-refractivity contribution in [2.75, 3.05) is 31.1 Å². The molecule has 1 saturated heterocycles. The van der Waals surface area contributed by atoms with Crippen molar-refractivity contribution in [1.82, 2.24) is 4.90 Å². The van der Waals surface area contributed by atoms with Gasteiger partial charge in [0.15, 0.2) is 0 Å². The maximum atomic E-state index is 12.1. The van der Waals surface area contributed by atoms with Crippen molar-refractivity contribution in [3.63, 3.8) is 0 Å². The normalized spacial score (nSPS) is 18.4. The van der Waals surface area contributed by atoms with E-state index in [9.17, 15) is 9.59 Å². The fourth-order valence-corrected chi connectivity index (χ4v) is 2.82. The van der Waals surface area contributed by atoms with Crippen LogP contribution in [0, 0.1) is 5.92 Å². The summed E-state index contributed by atoms with van der Waals surface area (Å²) in [5.74, 6) is 0.228. The number of carbonyl (C=O) groups is 2. The molecule has 6 heteroatoms. The monoisotopic (exact) mass is 323 g/mol. The lowest BCUT2D eigenvalue weighted by Gasteiger charge is -2.24. The minimum Gasteiger partial charge on any atom is -0.370 e. The third kappa shape index (κ3) is 3.71. The topological polar surface area (TPSA) is 66.6 Å². The number of amides is 2. The Balaban J connectivity index is 0.00000176. The zero-order chi connectivity index (χ0) is 14.8. The van der Waals surface area contributed by atoms with Crippen molar-refractivity contribution in [1.29, 1.82) is 0 Å². The molecule has 1 aromatic carbocycles. The van der Waals surface area contributed by atoms with E-state index in [1.165, 1.54) is 0 Å². The number of carbonyl (C=O) groups excluding carboxylic acids is 2. The van der Waals surface area contributed by atoms with E-state index < -0.39 is 5.91 Å². The van der Waals surface area contributed by atoms with Crippen LogP contribution in [0.5, 0.6) is 0 Å². The first kappa shape index (κ1) is 16.6. The van der Waals surface area contributed by atoms with E-state index in [-0.39, 0.29) is 12.4 Å². The third-order valence-corrected chi connectivity index (χ3v) is 4.25. The second-order valence-electron chi connectivity index (χ2n) is 5.85. The fourth-order valence-electron chi connectivity index (χ4n) is 2.82. The number of nitrogens with two attached hydrogens (primary N) is 1. The Morgan fingerprint density at radius 2 is 1.68 bits per heavy atom. The third-order valence-electron chi connectivity index (χ3n) is 4.25. The van der Waals surface area contributed by atoms with Crippen molar-refractivity contribution < 1.29 is 9.59 Å². The van der Waals surface area contributed by atoms with E-state index in [2.05, 4.69) is 4.90 Å². The van der Waals surface area contributed by atoms with Crippen LogP contribution in [0.3, 0.4) is 0 Å². The minimum atomic E-state index is -0.404. The first-order valence-corrected chi connectivity index (χ1v) is 7.59. The molecule has 3 rings (SSSR count). The predicted octanol–water partition coefficient (Wildman–Crippen LogP) is 1.66. The Kier molecular flexibility index (Phi) is 5.29. The van der Waals surface area contributed by atoms with Crippen molar-refractivity contribution in [2.45, 2.75) is 19.3 Å². The summed E-state index contributed by atoms with van der Waals surface area (Å²) in [7, 11) is 0. The molecule has 1 aromatic rings. The molecular formula is C16H22ClN3O2. The molecule has 120 valence electrons. The summed E-state index contributed by atoms with van der Waals surface area (Å²) in [4.78, 5) is 27.5. The lowest BCUT2D eigenvalue weighted by molar-refractivity contribution is -0.132. The van der Waals surface area contributed by atoms with Gasteiger partial charge in [0.05, 0.1) is 0 Å². The van der Waals surface area contributed by atoms with E-state index in [0.717, 1.165) is 51.1 Å². The van der Waals surface area contributed by atoms with Gasteiger partial charge >= 0.3 is 0 Å². The quantitative estimate of drug-likeness (QED) is 0.920. The van der Waals surface area contributed by atoms with Crippen LogP contribution in [0.25, 0.3) is 0 Å². The van der Waals surface area contributed by atoms with Crippen molar-refractivity contribution in [3.8, 4) is 0 Å². The van der Waals surface area contributed by atoms with Gasteiger partial charge in [0.2, 0.25) is 11.8 Å². The first-order chi connectivity index (χ1) is 10.1. The number of rotatable bonds is 3. The summed E-state index contributed by atoms with van der Waals surface area (Å²) in [5.41, 5.74) is 6.87. The number of hydrogen-bond acceptors (Lipinski definition) is 3. The highest BCUT2D eigenvalue weighted by atomic mass is 35.5. The van der Waals surface area contributed by atoms with Gasteiger partial charge in [-0.15, -0.1) is 12.4 Å². The fraction of sp³-hybridized carbons (Fsp3) is 0.500. The van der Waals surface area contributed by atoms with E-state index >= 15 is 0 Å². The highest BCUT2D eigenvalue weighted by Gasteiger charge is 2.33. The van der Waals surface area contributed by atoms with Gasteiger partial charge in [-0.3, -0.25) is 9.59 Å². The molecule has 2 amide bonds. The Morgan fingerprint density at radius 3 is 2.27 bits per heavy atom. The maximum Gasteiger partial charge on any atom is 0.248 e. The molecule has 2 aliphatic rings. The summed E-state index contributed by atoms with van der Waals surface area (Å²) in [5, 5.41) is 0. The molecule has 0 unspecified atom stereocenters. The maximum absolute atomic E-state index is 12.1. The Morgan fingerprint density at radius 1 is 1.00 bits per heavy atom. The summed E-state index contributed by atoms with van der Waals surface area (Å²) in [6.07, 6.45) is 3.11. The van der Waals surface area contributed by atoms with Crippen LogP contribution in [0.4, 0.5) is 5.69 Å². The molecule has 0 aromatic heterocycles. The zero-order valence-corrected chi connectivity index (χ0v) is 13.3. The van der Waals surface area contributed by atoms with E-state index in [4.69, 9.17) is 5.73 Å². The highest BCUT2D eigenvalue weighted by Crippen LogP contribution is 2.31. The van der Waals surface area contributed by atoms with Gasteiger partial charge in [-0.25, -0.2) is 0 Å². The summed E-state index contributed by atoms with van der Waals surface area (Å²) in [6.45, 7) is 3.41. The summed E-state index contributed by atoms with van der Waals surface area (Å²) >= 11 is 0. The van der Waals surface area contributed by atoms with Gasteiger partial charge in [0.25, 0.3) is 0 Å². The molecule has 2 N–H and O–H groups in total. The number of nitrogens with zero attached hydrogens (tertiary/aromatic N) is 2. The average Bonchev–Trinajstić information content (AvgIpc) is 3.33. The first-order valence-electron chi connectivity index (χ1n) is 7.59. The van der Waals surface area contributed by atoms with Gasteiger partial charge in [0.1, 0.15) is 0 Å². The Bertz CT molecular complexity index is 543. The van der Waals surface area contributed by atoms with Gasteiger partial charge in [-0.1, -0.05) is 0 Å². The standard InChI is InChI=1S/C16H21N3O2.ClH/c17-15(20)12-4-6-14(7-5-12)18-8-1-9-19(11-10-18)16(21)13-2-3-13;/h4-7,13H,1-3,8-11H2,(H2,17,20);1H. The van der Waals surface area contributed by atoms with Gasteiger partial charge in [0, 0.05) is 43.3 Å². The molecule has 22 heavy (non-hydrogen) atoms. The summed E-state index contributed by atoms with van der Waals surface area (Å²) in [6, 6.07) is 7.38. The van der Waals surface area contributed by atoms with Crippen LogP contribution in [0.15, 0.2) is 24.3 Å². The minimum absolute atomic E-state index is 0. The molecule has 5 nitrogen and oxygen atoms in total. The average molecular weight is 324 g/mol. The Hall–Kier alpha value is -1.75. The predicted molar refractivity (Wildman–Crippen MR) is 88.3 cm³/mol. The second kappa shape index (κ2) is 7.01. The number of primary amides is 1. The number of anilines is 1. The molecule has 0 bridgehead atoms. The van der Waals surface area contributed by atoms with Crippen LogP contribution in [-0.2, 0) is 4.79 Å². The number of halogens is 1. The van der Waals surface area contributed by atoms with Crippen molar-refractivity contribution in [2.24, 2.45) is 11.7 Å². The molecular weight excluding hydrogens is 302 g/mol.